The third-order valence-corrected chi connectivity index (χ3v) is 5.46. The highest BCUT2D eigenvalue weighted by molar-refractivity contribution is 14.0. The van der Waals surface area contributed by atoms with E-state index >= 15 is 0 Å². The van der Waals surface area contributed by atoms with Crippen molar-refractivity contribution in [2.24, 2.45) is 10.9 Å². The van der Waals surface area contributed by atoms with Crippen LogP contribution in [0.4, 0.5) is 0 Å². The highest BCUT2D eigenvalue weighted by Gasteiger charge is 2.32. The number of hydrogen-bond donors (Lipinski definition) is 2. The Labute approximate surface area is 197 Å². The van der Waals surface area contributed by atoms with Gasteiger partial charge in [-0.1, -0.05) is 18.9 Å². The number of nitrogens with one attached hydrogen (secondary N) is 2. The Hall–Kier alpha value is -1.58. The van der Waals surface area contributed by atoms with Gasteiger partial charge in [-0.05, 0) is 45.6 Å². The van der Waals surface area contributed by atoms with E-state index in [1.807, 2.05) is 37.1 Å². The van der Waals surface area contributed by atoms with Gasteiger partial charge in [0.1, 0.15) is 0 Å². The summed E-state index contributed by atoms with van der Waals surface area (Å²) in [5, 5.41) is 6.81. The number of ether oxygens (including phenoxy) is 1. The van der Waals surface area contributed by atoms with Gasteiger partial charge in [-0.25, -0.2) is 9.98 Å². The summed E-state index contributed by atoms with van der Waals surface area (Å²) in [5.41, 5.74) is 1.03. The molecule has 3 rings (SSSR count). The number of halogens is 1. The molecule has 2 N–H and O–H groups in total. The lowest BCUT2D eigenvalue weighted by Crippen LogP contribution is -2.45. The number of nitrogens with zero attached hydrogens (tertiary/aromatic N) is 3. The normalized spacial score (nSPS) is 19.7. The Kier molecular flexibility index (Phi) is 10.1. The average molecular weight is 529 g/mol. The Morgan fingerprint density at radius 1 is 1.30 bits per heavy atom. The number of amides is 1. The zero-order valence-corrected chi connectivity index (χ0v) is 20.7. The van der Waals surface area contributed by atoms with E-state index in [-0.39, 0.29) is 42.0 Å². The van der Waals surface area contributed by atoms with Crippen molar-refractivity contribution in [3.63, 3.8) is 0 Å². The fourth-order valence-corrected chi connectivity index (χ4v) is 4.01. The summed E-state index contributed by atoms with van der Waals surface area (Å²) < 4.78 is 5.58. The van der Waals surface area contributed by atoms with Crippen LogP contribution in [0.25, 0.3) is 0 Å². The van der Waals surface area contributed by atoms with E-state index < -0.39 is 0 Å². The molecule has 168 valence electrons. The van der Waals surface area contributed by atoms with Crippen LogP contribution < -0.4 is 15.4 Å². The smallest absolute Gasteiger partial charge is 0.225 e. The van der Waals surface area contributed by atoms with E-state index in [1.165, 1.54) is 12.8 Å². The molecule has 1 aliphatic heterocycles. The molecule has 0 spiro atoms. The van der Waals surface area contributed by atoms with E-state index in [0.717, 1.165) is 50.4 Å². The summed E-state index contributed by atoms with van der Waals surface area (Å²) in [6.07, 6.45) is 7.40. The number of likely N-dealkylation sites (tertiary alicyclic amines) is 1. The standard InChI is InChI=1S/C22H35N5O2.HI/c1-4-23-22(25-14-17-9-10-20(24-13-17)29-16(2)3)26-19-11-12-27(15-19)21(28)18-7-5-6-8-18;/h9-10,13,16,18-19H,4-8,11-12,14-15H2,1-3H3,(H2,23,25,26);1H. The minimum atomic E-state index is 0. The molecule has 1 aliphatic carbocycles. The maximum Gasteiger partial charge on any atom is 0.225 e. The maximum absolute atomic E-state index is 12.6. The summed E-state index contributed by atoms with van der Waals surface area (Å²) in [7, 11) is 0. The Bertz CT molecular complexity index is 689. The molecule has 1 atom stereocenters. The number of hydrogen-bond acceptors (Lipinski definition) is 4. The molecule has 1 aromatic heterocycles. The van der Waals surface area contributed by atoms with Gasteiger partial charge in [0.2, 0.25) is 11.8 Å². The second kappa shape index (κ2) is 12.3. The van der Waals surface area contributed by atoms with Crippen LogP contribution in [-0.2, 0) is 11.3 Å². The first-order valence-corrected chi connectivity index (χ1v) is 11.0. The molecule has 1 aromatic rings. The lowest BCUT2D eigenvalue weighted by atomic mass is 10.1. The molecular formula is C22H36IN5O2. The fourth-order valence-electron chi connectivity index (χ4n) is 4.01. The Morgan fingerprint density at radius 2 is 2.07 bits per heavy atom. The number of carbonyl (C=O) groups excluding carboxylic acids is 1. The van der Waals surface area contributed by atoms with Gasteiger partial charge in [-0.15, -0.1) is 24.0 Å². The highest BCUT2D eigenvalue weighted by Crippen LogP contribution is 2.27. The van der Waals surface area contributed by atoms with Gasteiger partial charge in [0, 0.05) is 43.9 Å². The molecule has 0 bridgehead atoms. The fraction of sp³-hybridized carbons (Fsp3) is 0.682. The zero-order chi connectivity index (χ0) is 20.6. The van der Waals surface area contributed by atoms with Crippen molar-refractivity contribution in [3.05, 3.63) is 23.9 Å². The summed E-state index contributed by atoms with van der Waals surface area (Å²) >= 11 is 0. The molecule has 0 aromatic carbocycles. The predicted octanol–water partition coefficient (Wildman–Crippen LogP) is 3.33. The van der Waals surface area contributed by atoms with Crippen LogP contribution in [0.15, 0.2) is 23.3 Å². The van der Waals surface area contributed by atoms with Gasteiger partial charge >= 0.3 is 0 Å². The topological polar surface area (TPSA) is 78.9 Å². The van der Waals surface area contributed by atoms with Crippen molar-refractivity contribution in [1.82, 2.24) is 20.5 Å². The summed E-state index contributed by atoms with van der Waals surface area (Å²) in [6, 6.07) is 4.13. The molecular weight excluding hydrogens is 493 g/mol. The molecule has 2 fully saturated rings. The number of rotatable bonds is 7. The monoisotopic (exact) mass is 529 g/mol. The van der Waals surface area contributed by atoms with Crippen LogP contribution in [0.3, 0.4) is 0 Å². The molecule has 2 aliphatic rings. The van der Waals surface area contributed by atoms with Crippen LogP contribution >= 0.6 is 24.0 Å². The molecule has 7 nitrogen and oxygen atoms in total. The van der Waals surface area contributed by atoms with Gasteiger partial charge in [0.15, 0.2) is 5.96 Å². The van der Waals surface area contributed by atoms with Gasteiger partial charge in [0.05, 0.1) is 12.6 Å². The van der Waals surface area contributed by atoms with E-state index in [9.17, 15) is 4.79 Å². The molecule has 30 heavy (non-hydrogen) atoms. The van der Waals surface area contributed by atoms with Gasteiger partial charge in [-0.2, -0.15) is 0 Å². The number of guanidine groups is 1. The third kappa shape index (κ3) is 7.28. The molecule has 8 heteroatoms. The first-order valence-electron chi connectivity index (χ1n) is 11.0. The van der Waals surface area contributed by atoms with Gasteiger partial charge < -0.3 is 20.3 Å². The number of aromatic nitrogens is 1. The summed E-state index contributed by atoms with van der Waals surface area (Å²) in [6.45, 7) is 8.97. The quantitative estimate of drug-likeness (QED) is 0.322. The van der Waals surface area contributed by atoms with Crippen LogP contribution in [0.1, 0.15) is 58.4 Å². The minimum Gasteiger partial charge on any atom is -0.475 e. The van der Waals surface area contributed by atoms with Crippen LogP contribution in [0.5, 0.6) is 5.88 Å². The van der Waals surface area contributed by atoms with Crippen LogP contribution in [-0.4, -0.2) is 53.5 Å². The van der Waals surface area contributed by atoms with E-state index in [2.05, 4.69) is 22.5 Å². The molecule has 1 amide bonds. The molecule has 1 saturated heterocycles. The van der Waals surface area contributed by atoms with Crippen molar-refractivity contribution < 1.29 is 9.53 Å². The number of carbonyl (C=O) groups is 1. The van der Waals surface area contributed by atoms with Crippen molar-refractivity contribution in [2.45, 2.75) is 71.6 Å². The second-order valence-electron chi connectivity index (χ2n) is 8.26. The SMILES string of the molecule is CCNC(=NCc1ccc(OC(C)C)nc1)NC1CCN(C(=O)C2CCCC2)C1.I. The third-order valence-electron chi connectivity index (χ3n) is 5.46. The Balaban J connectivity index is 0.00000320. The van der Waals surface area contributed by atoms with Crippen molar-refractivity contribution >= 4 is 35.8 Å². The van der Waals surface area contributed by atoms with Crippen molar-refractivity contribution in [2.75, 3.05) is 19.6 Å². The lowest BCUT2D eigenvalue weighted by molar-refractivity contribution is -0.134. The molecule has 2 heterocycles. The first kappa shape index (κ1) is 24.7. The van der Waals surface area contributed by atoms with Crippen LogP contribution in [0.2, 0.25) is 0 Å². The van der Waals surface area contributed by atoms with Crippen LogP contribution in [0, 0.1) is 5.92 Å². The largest absolute Gasteiger partial charge is 0.475 e. The van der Waals surface area contributed by atoms with Crippen molar-refractivity contribution in [1.29, 1.82) is 0 Å². The summed E-state index contributed by atoms with van der Waals surface area (Å²) in [5.74, 6) is 2.03. The summed E-state index contributed by atoms with van der Waals surface area (Å²) in [4.78, 5) is 23.7. The molecule has 1 unspecified atom stereocenters. The zero-order valence-electron chi connectivity index (χ0n) is 18.4. The minimum absolute atomic E-state index is 0. The van der Waals surface area contributed by atoms with Gasteiger partial charge in [0.25, 0.3) is 0 Å². The Morgan fingerprint density at radius 3 is 2.70 bits per heavy atom. The first-order chi connectivity index (χ1) is 14.0. The predicted molar refractivity (Wildman–Crippen MR) is 130 cm³/mol. The maximum atomic E-state index is 12.6. The average Bonchev–Trinajstić information content (AvgIpc) is 3.39. The molecule has 0 radical (unpaired) electrons. The van der Waals surface area contributed by atoms with Crippen molar-refractivity contribution in [3.8, 4) is 5.88 Å². The van der Waals surface area contributed by atoms with Gasteiger partial charge in [-0.3, -0.25) is 4.79 Å². The lowest BCUT2D eigenvalue weighted by Gasteiger charge is -2.21. The van der Waals surface area contributed by atoms with E-state index in [4.69, 9.17) is 9.73 Å². The second-order valence-corrected chi connectivity index (χ2v) is 8.26. The molecule has 1 saturated carbocycles. The highest BCUT2D eigenvalue weighted by atomic mass is 127. The number of pyridine rings is 1. The van der Waals surface area contributed by atoms with E-state index in [1.54, 1.807) is 0 Å². The number of aliphatic imine (C=N–C) groups is 1. The van der Waals surface area contributed by atoms with E-state index in [0.29, 0.717) is 18.3 Å².